The Hall–Kier alpha value is -3.12. The first kappa shape index (κ1) is 19.6. The number of hydrogen-bond acceptors (Lipinski definition) is 4. The highest BCUT2D eigenvalue weighted by atomic mass is 16.5. The van der Waals surface area contributed by atoms with Crippen molar-refractivity contribution in [2.75, 3.05) is 19.0 Å². The molecule has 0 saturated heterocycles. The third-order valence-corrected chi connectivity index (χ3v) is 4.60. The van der Waals surface area contributed by atoms with E-state index in [1.807, 2.05) is 31.3 Å². The van der Waals surface area contributed by atoms with Gasteiger partial charge in [-0.3, -0.25) is 9.89 Å². The van der Waals surface area contributed by atoms with E-state index < -0.39 is 0 Å². The Kier molecular flexibility index (Phi) is 6.81. The van der Waals surface area contributed by atoms with Gasteiger partial charge in [-0.1, -0.05) is 12.1 Å². The summed E-state index contributed by atoms with van der Waals surface area (Å²) in [6.45, 7) is 3.73. The number of hydrogen-bond donors (Lipinski definition) is 3. The van der Waals surface area contributed by atoms with Crippen molar-refractivity contribution in [3.8, 4) is 5.75 Å². The highest BCUT2D eigenvalue weighted by Crippen LogP contribution is 2.15. The van der Waals surface area contributed by atoms with Gasteiger partial charge in [0.2, 0.25) is 0 Å². The number of nitrogens with one attached hydrogen (secondary N) is 3. The topological polar surface area (TPSA) is 79.0 Å². The van der Waals surface area contributed by atoms with Crippen LogP contribution in [0.2, 0.25) is 0 Å². The summed E-state index contributed by atoms with van der Waals surface area (Å²) in [7, 11) is 1.60. The summed E-state index contributed by atoms with van der Waals surface area (Å²) < 4.78 is 5.12. The van der Waals surface area contributed by atoms with E-state index in [9.17, 15) is 4.79 Å². The molecule has 0 aliphatic rings. The number of rotatable bonds is 9. The molecule has 1 amide bonds. The lowest BCUT2D eigenvalue weighted by atomic mass is 10.1. The molecule has 2 aromatic carbocycles. The molecule has 3 rings (SSSR count). The molecule has 1 aromatic heterocycles. The standard InChI is InChI=1S/C22H26N4O2/c1-16-19(15-24-26-16)6-4-12-23-14-17-5-3-7-20(13-17)25-22(27)18-8-10-21(28-2)11-9-18/h3,5,7-11,13,15,23H,4,6,12,14H2,1-2H3,(H,24,26)(H,25,27). The van der Waals surface area contributed by atoms with Gasteiger partial charge in [0, 0.05) is 23.5 Å². The van der Waals surface area contributed by atoms with Crippen molar-refractivity contribution in [2.24, 2.45) is 0 Å². The summed E-state index contributed by atoms with van der Waals surface area (Å²) in [5.41, 5.74) is 4.92. The summed E-state index contributed by atoms with van der Waals surface area (Å²) >= 11 is 0. The van der Waals surface area contributed by atoms with Gasteiger partial charge in [-0.05, 0) is 73.8 Å². The summed E-state index contributed by atoms with van der Waals surface area (Å²) in [6.07, 6.45) is 3.95. The molecule has 0 atom stereocenters. The fourth-order valence-electron chi connectivity index (χ4n) is 2.97. The number of aryl methyl sites for hydroxylation is 2. The van der Waals surface area contributed by atoms with Gasteiger partial charge in [0.1, 0.15) is 5.75 Å². The molecule has 0 unspecified atom stereocenters. The number of aromatic nitrogens is 2. The van der Waals surface area contributed by atoms with E-state index in [-0.39, 0.29) is 5.91 Å². The van der Waals surface area contributed by atoms with E-state index in [1.165, 1.54) is 5.56 Å². The summed E-state index contributed by atoms with van der Waals surface area (Å²) in [6, 6.07) is 15.0. The van der Waals surface area contributed by atoms with E-state index >= 15 is 0 Å². The minimum Gasteiger partial charge on any atom is -0.497 e. The van der Waals surface area contributed by atoms with Crippen LogP contribution in [0.5, 0.6) is 5.75 Å². The van der Waals surface area contributed by atoms with Gasteiger partial charge in [0.05, 0.1) is 13.3 Å². The Morgan fingerprint density at radius 3 is 2.71 bits per heavy atom. The number of benzene rings is 2. The second-order valence-corrected chi connectivity index (χ2v) is 6.68. The molecule has 6 nitrogen and oxygen atoms in total. The van der Waals surface area contributed by atoms with Crippen molar-refractivity contribution in [1.29, 1.82) is 0 Å². The first-order valence-electron chi connectivity index (χ1n) is 9.39. The first-order valence-corrected chi connectivity index (χ1v) is 9.39. The van der Waals surface area contributed by atoms with E-state index in [1.54, 1.807) is 31.4 Å². The Labute approximate surface area is 165 Å². The van der Waals surface area contributed by atoms with Gasteiger partial charge in [-0.15, -0.1) is 0 Å². The molecule has 0 spiro atoms. The molecule has 0 bridgehead atoms. The fourth-order valence-corrected chi connectivity index (χ4v) is 2.97. The minimum absolute atomic E-state index is 0.136. The van der Waals surface area contributed by atoms with Crippen molar-refractivity contribution >= 4 is 11.6 Å². The zero-order valence-electron chi connectivity index (χ0n) is 16.3. The van der Waals surface area contributed by atoms with Gasteiger partial charge in [-0.2, -0.15) is 5.10 Å². The maximum Gasteiger partial charge on any atom is 0.255 e. The molecular weight excluding hydrogens is 352 g/mol. The SMILES string of the molecule is COc1ccc(C(=O)Nc2cccc(CNCCCc3cn[nH]c3C)c2)cc1. The van der Waals surface area contributed by atoms with Crippen molar-refractivity contribution in [3.05, 3.63) is 77.1 Å². The van der Waals surface area contributed by atoms with Crippen LogP contribution in [0.1, 0.15) is 33.6 Å². The zero-order chi connectivity index (χ0) is 19.8. The molecule has 0 radical (unpaired) electrons. The number of H-pyrrole nitrogens is 1. The Morgan fingerprint density at radius 2 is 2.00 bits per heavy atom. The quantitative estimate of drug-likeness (QED) is 0.496. The van der Waals surface area contributed by atoms with Gasteiger partial charge in [-0.25, -0.2) is 0 Å². The zero-order valence-corrected chi connectivity index (χ0v) is 16.3. The molecule has 1 heterocycles. The number of aromatic amines is 1. The Bertz CT molecular complexity index is 903. The molecule has 6 heteroatoms. The van der Waals surface area contributed by atoms with Crippen LogP contribution in [-0.4, -0.2) is 29.8 Å². The maximum absolute atomic E-state index is 12.4. The predicted molar refractivity (Wildman–Crippen MR) is 111 cm³/mol. The van der Waals surface area contributed by atoms with E-state index in [2.05, 4.69) is 26.9 Å². The third-order valence-electron chi connectivity index (χ3n) is 4.60. The number of carbonyl (C=O) groups excluding carboxylic acids is 1. The van der Waals surface area contributed by atoms with E-state index in [0.29, 0.717) is 5.56 Å². The molecule has 28 heavy (non-hydrogen) atoms. The smallest absolute Gasteiger partial charge is 0.255 e. The molecule has 146 valence electrons. The number of nitrogens with zero attached hydrogens (tertiary/aromatic N) is 1. The van der Waals surface area contributed by atoms with Gasteiger partial charge in [0.15, 0.2) is 0 Å². The van der Waals surface area contributed by atoms with Crippen molar-refractivity contribution in [3.63, 3.8) is 0 Å². The van der Waals surface area contributed by atoms with E-state index in [4.69, 9.17) is 4.74 Å². The predicted octanol–water partition coefficient (Wildman–Crippen LogP) is 3.70. The second-order valence-electron chi connectivity index (χ2n) is 6.68. The number of amides is 1. The normalized spacial score (nSPS) is 10.6. The van der Waals surface area contributed by atoms with Crippen LogP contribution in [0.4, 0.5) is 5.69 Å². The molecule has 0 aliphatic heterocycles. The van der Waals surface area contributed by atoms with Crippen molar-refractivity contribution in [1.82, 2.24) is 15.5 Å². The molecule has 0 saturated carbocycles. The van der Waals surface area contributed by atoms with Crippen LogP contribution in [0.3, 0.4) is 0 Å². The van der Waals surface area contributed by atoms with Crippen LogP contribution < -0.4 is 15.4 Å². The lowest BCUT2D eigenvalue weighted by Gasteiger charge is -2.09. The van der Waals surface area contributed by atoms with E-state index in [0.717, 1.165) is 48.6 Å². The summed E-state index contributed by atoms with van der Waals surface area (Å²) in [4.78, 5) is 12.4. The lowest BCUT2D eigenvalue weighted by molar-refractivity contribution is 0.102. The third kappa shape index (κ3) is 5.44. The van der Waals surface area contributed by atoms with Crippen LogP contribution in [0, 0.1) is 6.92 Å². The van der Waals surface area contributed by atoms with Crippen molar-refractivity contribution < 1.29 is 9.53 Å². The molecule has 0 fully saturated rings. The molecular formula is C22H26N4O2. The Morgan fingerprint density at radius 1 is 1.18 bits per heavy atom. The second kappa shape index (κ2) is 9.71. The van der Waals surface area contributed by atoms with Gasteiger partial charge >= 0.3 is 0 Å². The van der Waals surface area contributed by atoms with Crippen molar-refractivity contribution in [2.45, 2.75) is 26.3 Å². The highest BCUT2D eigenvalue weighted by molar-refractivity contribution is 6.04. The number of carbonyl (C=O) groups is 1. The lowest BCUT2D eigenvalue weighted by Crippen LogP contribution is -2.16. The summed E-state index contributed by atoms with van der Waals surface area (Å²) in [5.74, 6) is 0.593. The first-order chi connectivity index (χ1) is 13.7. The molecule has 0 aliphatic carbocycles. The number of anilines is 1. The fraction of sp³-hybridized carbons (Fsp3) is 0.273. The average Bonchev–Trinajstić information content (AvgIpc) is 3.13. The van der Waals surface area contributed by atoms with Crippen LogP contribution in [0.15, 0.2) is 54.7 Å². The highest BCUT2D eigenvalue weighted by Gasteiger charge is 2.07. The number of methoxy groups -OCH3 is 1. The largest absolute Gasteiger partial charge is 0.497 e. The summed E-state index contributed by atoms with van der Waals surface area (Å²) in [5, 5.41) is 13.4. The van der Waals surface area contributed by atoms with Gasteiger partial charge in [0.25, 0.3) is 5.91 Å². The minimum atomic E-state index is -0.136. The Balaban J connectivity index is 1.46. The van der Waals surface area contributed by atoms with Crippen LogP contribution in [-0.2, 0) is 13.0 Å². The van der Waals surface area contributed by atoms with Gasteiger partial charge < -0.3 is 15.4 Å². The van der Waals surface area contributed by atoms with Crippen LogP contribution >= 0.6 is 0 Å². The maximum atomic E-state index is 12.4. The molecule has 3 aromatic rings. The van der Waals surface area contributed by atoms with Crippen LogP contribution in [0.25, 0.3) is 0 Å². The average molecular weight is 378 g/mol. The monoisotopic (exact) mass is 378 g/mol. The molecule has 3 N–H and O–H groups in total. The number of ether oxygens (including phenoxy) is 1.